The van der Waals surface area contributed by atoms with Gasteiger partial charge in [-0.25, -0.2) is 0 Å². The van der Waals surface area contributed by atoms with Crippen molar-refractivity contribution in [2.45, 2.75) is 55.8 Å². The lowest BCUT2D eigenvalue weighted by molar-refractivity contribution is -0.143. The van der Waals surface area contributed by atoms with Crippen molar-refractivity contribution in [2.75, 3.05) is 5.32 Å². The van der Waals surface area contributed by atoms with Gasteiger partial charge < -0.3 is 15.2 Å². The lowest BCUT2D eigenvalue weighted by Gasteiger charge is -2.29. The SMILES string of the molecule is Cc1ccc(NC(=O)[C@]23C[C@@]2(c2cn(C)nc2C(F)(F)F)[C@H]2O[C@@H]3C[C@@H]2O)cc1C(F)(F)F. The molecule has 2 aliphatic heterocycles. The van der Waals surface area contributed by atoms with E-state index in [2.05, 4.69) is 10.4 Å². The van der Waals surface area contributed by atoms with E-state index < -0.39 is 58.7 Å². The minimum atomic E-state index is -4.80. The molecule has 178 valence electrons. The Bertz CT molecular complexity index is 1160. The van der Waals surface area contributed by atoms with Crippen LogP contribution in [-0.2, 0) is 34.3 Å². The van der Waals surface area contributed by atoms with Gasteiger partial charge in [-0.05, 0) is 31.0 Å². The molecule has 3 aliphatic rings. The molecular weight excluding hydrogens is 456 g/mol. The summed E-state index contributed by atoms with van der Waals surface area (Å²) in [5, 5.41) is 16.4. The second-order valence-corrected chi connectivity index (χ2v) is 9.01. The molecule has 1 aromatic carbocycles. The van der Waals surface area contributed by atoms with Crippen molar-refractivity contribution >= 4 is 11.6 Å². The quantitative estimate of drug-likeness (QED) is 0.666. The molecule has 2 saturated heterocycles. The number of anilines is 1. The van der Waals surface area contributed by atoms with Gasteiger partial charge in [-0.1, -0.05) is 6.07 Å². The Morgan fingerprint density at radius 3 is 2.58 bits per heavy atom. The van der Waals surface area contributed by atoms with Gasteiger partial charge in [0.25, 0.3) is 0 Å². The number of amides is 1. The first-order valence-corrected chi connectivity index (χ1v) is 10.2. The molecule has 5 atom stereocenters. The molecule has 2 aromatic rings. The van der Waals surface area contributed by atoms with Crippen LogP contribution in [0, 0.1) is 12.3 Å². The molecule has 12 heteroatoms. The molecular formula is C21H19F6N3O3. The highest BCUT2D eigenvalue weighted by atomic mass is 19.4. The molecule has 6 nitrogen and oxygen atoms in total. The molecule has 1 aliphatic carbocycles. The Labute approximate surface area is 183 Å². The standard InChI is InChI=1S/C21H19F6N3O3/c1-9-3-4-10(5-11(9)20(22,23)24)28-17(32)19-8-18(19,16-13(31)6-14(19)33-16)12-7-30(2)29-15(12)21(25,26)27/h3-5,7,13-14,16,31H,6,8H2,1-2H3,(H,28,32)/t13-,14+,16-,18+,19+/m0/s1. The molecule has 2 bridgehead atoms. The fraction of sp³-hybridized carbons (Fsp3) is 0.524. The number of benzene rings is 1. The first-order valence-electron chi connectivity index (χ1n) is 10.2. The summed E-state index contributed by atoms with van der Waals surface area (Å²) in [6.45, 7) is 1.28. The van der Waals surface area contributed by atoms with Gasteiger partial charge in [0.05, 0.1) is 29.3 Å². The van der Waals surface area contributed by atoms with Crippen LogP contribution in [0.5, 0.6) is 0 Å². The lowest BCUT2D eigenvalue weighted by atomic mass is 9.73. The second kappa shape index (κ2) is 6.50. The van der Waals surface area contributed by atoms with Gasteiger partial charge in [-0.2, -0.15) is 31.4 Å². The molecule has 0 unspecified atom stereocenters. The van der Waals surface area contributed by atoms with Crippen LogP contribution in [-0.4, -0.2) is 39.1 Å². The molecule has 3 fully saturated rings. The third kappa shape index (κ3) is 2.89. The van der Waals surface area contributed by atoms with E-state index >= 15 is 0 Å². The molecule has 2 N–H and O–H groups in total. The number of alkyl halides is 6. The Hall–Kier alpha value is -2.60. The van der Waals surface area contributed by atoms with Gasteiger partial charge >= 0.3 is 12.4 Å². The van der Waals surface area contributed by atoms with Crippen LogP contribution in [0.2, 0.25) is 0 Å². The topological polar surface area (TPSA) is 76.4 Å². The zero-order valence-electron chi connectivity index (χ0n) is 17.4. The Morgan fingerprint density at radius 2 is 1.94 bits per heavy atom. The average Bonchev–Trinajstić information content (AvgIpc) is 2.92. The summed E-state index contributed by atoms with van der Waals surface area (Å²) in [6.07, 6.45) is -11.3. The second-order valence-electron chi connectivity index (χ2n) is 9.01. The predicted molar refractivity (Wildman–Crippen MR) is 101 cm³/mol. The number of rotatable bonds is 3. The minimum absolute atomic E-state index is 0.0315. The molecule has 3 heterocycles. The zero-order chi connectivity index (χ0) is 24.1. The van der Waals surface area contributed by atoms with Crippen LogP contribution in [0.1, 0.15) is 35.2 Å². The zero-order valence-corrected chi connectivity index (χ0v) is 17.4. The number of hydrogen-bond acceptors (Lipinski definition) is 4. The van der Waals surface area contributed by atoms with E-state index in [1.807, 2.05) is 0 Å². The van der Waals surface area contributed by atoms with E-state index in [9.17, 15) is 36.2 Å². The van der Waals surface area contributed by atoms with Crippen molar-refractivity contribution in [3.63, 3.8) is 0 Å². The summed E-state index contributed by atoms with van der Waals surface area (Å²) in [6, 6.07) is 3.31. The number of aliphatic hydroxyl groups is 1. The van der Waals surface area contributed by atoms with Crippen molar-refractivity contribution in [3.8, 4) is 0 Å². The third-order valence-electron chi connectivity index (χ3n) is 7.16. The van der Waals surface area contributed by atoms with Crippen molar-refractivity contribution in [3.05, 3.63) is 46.8 Å². The summed E-state index contributed by atoms with van der Waals surface area (Å²) < 4.78 is 87.7. The lowest BCUT2D eigenvalue weighted by Crippen LogP contribution is -2.45. The van der Waals surface area contributed by atoms with Crippen LogP contribution in [0.25, 0.3) is 0 Å². The first-order chi connectivity index (χ1) is 15.2. The summed E-state index contributed by atoms with van der Waals surface area (Å²) in [4.78, 5) is 13.4. The molecule has 0 radical (unpaired) electrons. The van der Waals surface area contributed by atoms with E-state index in [4.69, 9.17) is 4.74 Å². The van der Waals surface area contributed by atoms with Crippen molar-refractivity contribution in [2.24, 2.45) is 12.5 Å². The van der Waals surface area contributed by atoms with Gasteiger partial charge in [0.2, 0.25) is 5.91 Å². The summed E-state index contributed by atoms with van der Waals surface area (Å²) >= 11 is 0. The van der Waals surface area contributed by atoms with E-state index in [0.29, 0.717) is 0 Å². The molecule has 1 amide bonds. The van der Waals surface area contributed by atoms with E-state index in [-0.39, 0.29) is 29.7 Å². The number of carbonyl (C=O) groups excluding carboxylic acids is 1. The smallest absolute Gasteiger partial charge is 0.390 e. The van der Waals surface area contributed by atoms with E-state index in [1.54, 1.807) is 0 Å². The Balaban J connectivity index is 1.55. The third-order valence-corrected chi connectivity index (χ3v) is 7.16. The van der Waals surface area contributed by atoms with Crippen LogP contribution >= 0.6 is 0 Å². The minimum Gasteiger partial charge on any atom is -0.390 e. The number of ether oxygens (including phenoxy) is 1. The van der Waals surface area contributed by atoms with Crippen molar-refractivity contribution in [1.82, 2.24) is 9.78 Å². The van der Waals surface area contributed by atoms with Gasteiger partial charge in [0.1, 0.15) is 0 Å². The number of aryl methyl sites for hydroxylation is 2. The summed E-state index contributed by atoms with van der Waals surface area (Å²) in [5.74, 6) is -0.740. The number of halogens is 6. The fourth-order valence-electron chi connectivity index (χ4n) is 5.77. The average molecular weight is 475 g/mol. The van der Waals surface area contributed by atoms with Gasteiger partial charge in [0, 0.05) is 36.3 Å². The Morgan fingerprint density at radius 1 is 1.24 bits per heavy atom. The maximum absolute atomic E-state index is 13.7. The maximum atomic E-state index is 13.7. The van der Waals surface area contributed by atoms with Crippen molar-refractivity contribution in [1.29, 1.82) is 0 Å². The van der Waals surface area contributed by atoms with Gasteiger partial charge in [-0.3, -0.25) is 9.48 Å². The Kier molecular flexibility index (Phi) is 4.37. The number of carbonyl (C=O) groups is 1. The normalized spacial score (nSPS) is 32.7. The number of nitrogens with zero attached hydrogens (tertiary/aromatic N) is 2. The number of fused-ring (bicyclic) bond motifs is 5. The van der Waals surface area contributed by atoms with E-state index in [0.717, 1.165) is 10.7 Å². The van der Waals surface area contributed by atoms with E-state index in [1.165, 1.54) is 32.3 Å². The summed E-state index contributed by atoms with van der Waals surface area (Å²) in [7, 11) is 1.31. The summed E-state index contributed by atoms with van der Waals surface area (Å²) in [5.41, 5.74) is -5.43. The largest absolute Gasteiger partial charge is 0.435 e. The molecule has 1 aromatic heterocycles. The number of hydrogen-bond donors (Lipinski definition) is 2. The monoisotopic (exact) mass is 475 g/mol. The number of aliphatic hydroxyl groups excluding tert-OH is 1. The van der Waals surface area contributed by atoms with Gasteiger partial charge in [0.15, 0.2) is 5.69 Å². The van der Waals surface area contributed by atoms with Crippen LogP contribution in [0.15, 0.2) is 24.4 Å². The highest BCUT2D eigenvalue weighted by Crippen LogP contribution is 2.78. The highest BCUT2D eigenvalue weighted by Gasteiger charge is 2.88. The highest BCUT2D eigenvalue weighted by molar-refractivity contribution is 6.01. The molecule has 1 saturated carbocycles. The van der Waals surface area contributed by atoms with Crippen LogP contribution in [0.4, 0.5) is 32.0 Å². The van der Waals surface area contributed by atoms with Crippen LogP contribution < -0.4 is 5.32 Å². The maximum Gasteiger partial charge on any atom is 0.435 e. The van der Waals surface area contributed by atoms with Crippen LogP contribution in [0.3, 0.4) is 0 Å². The first kappa shape index (κ1) is 22.2. The van der Waals surface area contributed by atoms with Crippen molar-refractivity contribution < 1.29 is 41.0 Å². The molecule has 33 heavy (non-hydrogen) atoms. The number of aromatic nitrogens is 2. The van der Waals surface area contributed by atoms with Gasteiger partial charge in [-0.15, -0.1) is 0 Å². The predicted octanol–water partition coefficient (Wildman–Crippen LogP) is 3.56. The molecule has 5 rings (SSSR count). The fourth-order valence-corrected chi connectivity index (χ4v) is 5.77. The number of nitrogens with one attached hydrogen (secondary N) is 1. The molecule has 0 spiro atoms.